The van der Waals surface area contributed by atoms with E-state index in [0.717, 1.165) is 16.7 Å². The Morgan fingerprint density at radius 1 is 1.30 bits per heavy atom. The minimum atomic E-state index is -1.07. The number of rotatable bonds is 5. The number of carbonyl (C=O) groups is 2. The Morgan fingerprint density at radius 2 is 1.95 bits per heavy atom. The molecule has 0 saturated heterocycles. The van der Waals surface area contributed by atoms with E-state index in [-0.39, 0.29) is 12.5 Å². The molecule has 0 aromatic heterocycles. The van der Waals surface area contributed by atoms with Crippen LogP contribution < -0.4 is 5.32 Å². The first-order chi connectivity index (χ1) is 9.31. The third-order valence-corrected chi connectivity index (χ3v) is 3.06. The van der Waals surface area contributed by atoms with Crippen LogP contribution in [0.4, 0.5) is 4.79 Å². The number of benzene rings is 1. The Kier molecular flexibility index (Phi) is 5.55. The number of aryl methyl sites for hydroxylation is 2. The summed E-state index contributed by atoms with van der Waals surface area (Å²) in [4.78, 5) is 22.6. The lowest BCUT2D eigenvalue weighted by atomic mass is 10.1. The summed E-state index contributed by atoms with van der Waals surface area (Å²) < 4.78 is 5.07. The molecule has 0 aliphatic rings. The number of carboxylic acid groups (broad SMARTS) is 1. The highest BCUT2D eigenvalue weighted by Crippen LogP contribution is 2.12. The maximum Gasteiger partial charge on any atom is 0.408 e. The summed E-state index contributed by atoms with van der Waals surface area (Å²) in [5.41, 5.74) is 3.08. The van der Waals surface area contributed by atoms with Crippen molar-refractivity contribution in [2.75, 3.05) is 0 Å². The largest absolute Gasteiger partial charge is 0.480 e. The van der Waals surface area contributed by atoms with Gasteiger partial charge >= 0.3 is 12.1 Å². The van der Waals surface area contributed by atoms with Crippen molar-refractivity contribution < 1.29 is 19.4 Å². The lowest BCUT2D eigenvalue weighted by Crippen LogP contribution is -2.44. The van der Waals surface area contributed by atoms with Gasteiger partial charge < -0.3 is 15.2 Å². The summed E-state index contributed by atoms with van der Waals surface area (Å²) in [6.45, 7) is 7.51. The van der Waals surface area contributed by atoms with Gasteiger partial charge in [0, 0.05) is 0 Å². The molecule has 0 saturated carbocycles. The minimum absolute atomic E-state index is 0.127. The van der Waals surface area contributed by atoms with E-state index >= 15 is 0 Å². The monoisotopic (exact) mass is 279 g/mol. The summed E-state index contributed by atoms with van der Waals surface area (Å²) >= 11 is 0. The molecule has 1 atom stereocenters. The van der Waals surface area contributed by atoms with Crippen LogP contribution in [0.25, 0.3) is 0 Å². The molecule has 0 heterocycles. The quantitative estimate of drug-likeness (QED) is 0.868. The maximum absolute atomic E-state index is 11.6. The lowest BCUT2D eigenvalue weighted by Gasteiger charge is -2.17. The van der Waals surface area contributed by atoms with Crippen molar-refractivity contribution >= 4 is 12.1 Å². The first-order valence-electron chi connectivity index (χ1n) is 6.53. The van der Waals surface area contributed by atoms with Crippen LogP contribution >= 0.6 is 0 Å². The van der Waals surface area contributed by atoms with Gasteiger partial charge in [-0.05, 0) is 30.9 Å². The first kappa shape index (κ1) is 16.0. The molecule has 1 aromatic rings. The average molecular weight is 279 g/mol. The van der Waals surface area contributed by atoms with E-state index in [2.05, 4.69) is 5.32 Å². The first-order valence-corrected chi connectivity index (χ1v) is 6.53. The number of carbonyl (C=O) groups excluding carboxylic acids is 1. The molecule has 0 aliphatic carbocycles. The SMILES string of the molecule is Cc1ccc(COC(=O)N[C@H](C(=O)O)C(C)C)c(C)c1. The van der Waals surface area contributed by atoms with Crippen molar-refractivity contribution in [3.8, 4) is 0 Å². The Bertz CT molecular complexity index is 497. The van der Waals surface area contributed by atoms with Crippen LogP contribution in [0.5, 0.6) is 0 Å². The topological polar surface area (TPSA) is 75.6 Å². The van der Waals surface area contributed by atoms with Crippen LogP contribution in [-0.2, 0) is 16.1 Å². The van der Waals surface area contributed by atoms with Gasteiger partial charge in [-0.15, -0.1) is 0 Å². The number of alkyl carbamates (subject to hydrolysis) is 1. The van der Waals surface area contributed by atoms with E-state index in [1.807, 2.05) is 32.0 Å². The van der Waals surface area contributed by atoms with Gasteiger partial charge in [-0.3, -0.25) is 0 Å². The smallest absolute Gasteiger partial charge is 0.408 e. The highest BCUT2D eigenvalue weighted by Gasteiger charge is 2.24. The van der Waals surface area contributed by atoms with Crippen molar-refractivity contribution in [2.24, 2.45) is 5.92 Å². The molecular weight excluding hydrogens is 258 g/mol. The van der Waals surface area contributed by atoms with Crippen molar-refractivity contribution in [1.82, 2.24) is 5.32 Å². The van der Waals surface area contributed by atoms with Crippen LogP contribution in [0.2, 0.25) is 0 Å². The molecular formula is C15H21NO4. The van der Waals surface area contributed by atoms with Crippen molar-refractivity contribution in [3.63, 3.8) is 0 Å². The summed E-state index contributed by atoms with van der Waals surface area (Å²) in [6.07, 6.45) is -0.717. The fraction of sp³-hybridized carbons (Fsp3) is 0.467. The summed E-state index contributed by atoms with van der Waals surface area (Å²) in [5, 5.41) is 11.3. The molecule has 1 amide bonds. The van der Waals surface area contributed by atoms with Gasteiger partial charge in [0.2, 0.25) is 0 Å². The zero-order valence-corrected chi connectivity index (χ0v) is 12.3. The highest BCUT2D eigenvalue weighted by atomic mass is 16.5. The third-order valence-electron chi connectivity index (χ3n) is 3.06. The molecule has 1 rings (SSSR count). The van der Waals surface area contributed by atoms with Crippen LogP contribution in [0.3, 0.4) is 0 Å². The van der Waals surface area contributed by atoms with Gasteiger partial charge in [0.05, 0.1) is 0 Å². The van der Waals surface area contributed by atoms with Gasteiger partial charge in [-0.2, -0.15) is 0 Å². The molecule has 5 heteroatoms. The van der Waals surface area contributed by atoms with E-state index in [4.69, 9.17) is 9.84 Å². The molecule has 20 heavy (non-hydrogen) atoms. The molecule has 2 N–H and O–H groups in total. The molecule has 1 aromatic carbocycles. The van der Waals surface area contributed by atoms with Crippen LogP contribution in [-0.4, -0.2) is 23.2 Å². The second-order valence-electron chi connectivity index (χ2n) is 5.21. The molecule has 110 valence electrons. The third kappa shape index (κ3) is 4.57. The van der Waals surface area contributed by atoms with Crippen molar-refractivity contribution in [2.45, 2.75) is 40.3 Å². The molecule has 0 radical (unpaired) electrons. The van der Waals surface area contributed by atoms with Crippen LogP contribution in [0, 0.1) is 19.8 Å². The second-order valence-corrected chi connectivity index (χ2v) is 5.21. The Labute approximate surface area is 118 Å². The van der Waals surface area contributed by atoms with Crippen molar-refractivity contribution in [3.05, 3.63) is 34.9 Å². The lowest BCUT2D eigenvalue weighted by molar-refractivity contribution is -0.140. The molecule has 0 spiro atoms. The van der Waals surface area contributed by atoms with Crippen LogP contribution in [0.1, 0.15) is 30.5 Å². The number of carboxylic acids is 1. The highest BCUT2D eigenvalue weighted by molar-refractivity contribution is 5.80. The minimum Gasteiger partial charge on any atom is -0.480 e. The van der Waals surface area contributed by atoms with Crippen molar-refractivity contribution in [1.29, 1.82) is 0 Å². The Morgan fingerprint density at radius 3 is 2.45 bits per heavy atom. The fourth-order valence-electron chi connectivity index (χ4n) is 1.83. The van der Waals surface area contributed by atoms with Gasteiger partial charge in [-0.25, -0.2) is 9.59 Å². The van der Waals surface area contributed by atoms with Gasteiger partial charge in [0.15, 0.2) is 0 Å². The summed E-state index contributed by atoms with van der Waals surface area (Å²) in [5.74, 6) is -1.27. The summed E-state index contributed by atoms with van der Waals surface area (Å²) in [7, 11) is 0. The predicted molar refractivity (Wildman–Crippen MR) is 75.5 cm³/mol. The molecule has 0 fully saturated rings. The molecule has 0 bridgehead atoms. The average Bonchev–Trinajstić information content (AvgIpc) is 2.34. The number of aliphatic carboxylic acids is 1. The standard InChI is InChI=1S/C15H21NO4/c1-9(2)13(14(17)18)16-15(19)20-8-12-6-5-10(3)7-11(12)4/h5-7,9,13H,8H2,1-4H3,(H,16,19)(H,17,18)/t13-/m0/s1. The van der Waals surface area contributed by atoms with Crippen LogP contribution in [0.15, 0.2) is 18.2 Å². The molecule has 0 unspecified atom stereocenters. The number of amides is 1. The molecule has 0 aliphatic heterocycles. The van der Waals surface area contributed by atoms with Gasteiger partial charge in [0.1, 0.15) is 12.6 Å². The Hall–Kier alpha value is -2.04. The number of hydrogen-bond donors (Lipinski definition) is 2. The van der Waals surface area contributed by atoms with Gasteiger partial charge in [-0.1, -0.05) is 37.6 Å². The van der Waals surface area contributed by atoms with E-state index in [9.17, 15) is 9.59 Å². The number of ether oxygens (including phenoxy) is 1. The second kappa shape index (κ2) is 6.93. The van der Waals surface area contributed by atoms with E-state index in [0.29, 0.717) is 0 Å². The normalized spacial score (nSPS) is 12.1. The Balaban J connectivity index is 2.57. The number of hydrogen-bond acceptors (Lipinski definition) is 3. The molecule has 5 nitrogen and oxygen atoms in total. The van der Waals surface area contributed by atoms with E-state index < -0.39 is 18.1 Å². The zero-order valence-electron chi connectivity index (χ0n) is 12.3. The fourth-order valence-corrected chi connectivity index (χ4v) is 1.83. The predicted octanol–water partition coefficient (Wildman–Crippen LogP) is 2.64. The number of nitrogens with one attached hydrogen (secondary N) is 1. The maximum atomic E-state index is 11.6. The van der Waals surface area contributed by atoms with E-state index in [1.165, 1.54) is 0 Å². The van der Waals surface area contributed by atoms with E-state index in [1.54, 1.807) is 13.8 Å². The summed E-state index contributed by atoms with van der Waals surface area (Å²) in [6, 6.07) is 4.90. The van der Waals surface area contributed by atoms with Gasteiger partial charge in [0.25, 0.3) is 0 Å². The zero-order chi connectivity index (χ0) is 15.3.